The Balaban J connectivity index is 1.41. The molecule has 144 valence electrons. The van der Waals surface area contributed by atoms with Crippen molar-refractivity contribution >= 4 is 5.91 Å². The molecule has 1 amide bonds. The van der Waals surface area contributed by atoms with E-state index in [1.165, 1.54) is 5.56 Å². The number of pyridine rings is 1. The van der Waals surface area contributed by atoms with Crippen LogP contribution in [0.15, 0.2) is 61.1 Å². The van der Waals surface area contributed by atoms with Crippen LogP contribution in [-0.2, 0) is 17.9 Å². The predicted molar refractivity (Wildman–Crippen MR) is 108 cm³/mol. The predicted octanol–water partition coefficient (Wildman–Crippen LogP) is 2.61. The van der Waals surface area contributed by atoms with E-state index in [1.807, 2.05) is 41.2 Å². The fourth-order valence-electron chi connectivity index (χ4n) is 3.18. The SMILES string of the molecule is O=C(NCCNCc1cn(Cc2ccccc2)nc1-c1cccnc1)C1CC1. The van der Waals surface area contributed by atoms with Crippen LogP contribution in [0.25, 0.3) is 11.3 Å². The molecule has 4 rings (SSSR count). The highest BCUT2D eigenvalue weighted by molar-refractivity contribution is 5.80. The first kappa shape index (κ1) is 18.4. The van der Waals surface area contributed by atoms with E-state index in [0.29, 0.717) is 13.1 Å². The summed E-state index contributed by atoms with van der Waals surface area (Å²) in [6, 6.07) is 14.3. The van der Waals surface area contributed by atoms with Crippen LogP contribution >= 0.6 is 0 Å². The van der Waals surface area contributed by atoms with Crippen molar-refractivity contribution in [3.63, 3.8) is 0 Å². The molecule has 2 N–H and O–H groups in total. The molecule has 6 heteroatoms. The lowest BCUT2D eigenvalue weighted by Gasteiger charge is -2.06. The van der Waals surface area contributed by atoms with E-state index < -0.39 is 0 Å². The minimum absolute atomic E-state index is 0.188. The summed E-state index contributed by atoms with van der Waals surface area (Å²) in [7, 11) is 0. The number of carbonyl (C=O) groups is 1. The molecule has 1 fully saturated rings. The highest BCUT2D eigenvalue weighted by atomic mass is 16.2. The molecule has 1 aliphatic rings. The van der Waals surface area contributed by atoms with Gasteiger partial charge < -0.3 is 10.6 Å². The van der Waals surface area contributed by atoms with Gasteiger partial charge in [0.05, 0.1) is 12.2 Å². The van der Waals surface area contributed by atoms with Crippen molar-refractivity contribution in [1.82, 2.24) is 25.4 Å². The van der Waals surface area contributed by atoms with E-state index in [9.17, 15) is 4.79 Å². The Labute approximate surface area is 165 Å². The first-order valence-corrected chi connectivity index (χ1v) is 9.78. The third kappa shape index (κ3) is 4.84. The van der Waals surface area contributed by atoms with Crippen molar-refractivity contribution in [3.8, 4) is 11.3 Å². The fraction of sp³-hybridized carbons (Fsp3) is 0.318. The molecule has 0 radical (unpaired) electrons. The van der Waals surface area contributed by atoms with Gasteiger partial charge in [0.25, 0.3) is 0 Å². The molecular formula is C22H25N5O. The van der Waals surface area contributed by atoms with Gasteiger partial charge in [0, 0.05) is 55.3 Å². The van der Waals surface area contributed by atoms with Crippen molar-refractivity contribution in [2.75, 3.05) is 13.1 Å². The highest BCUT2D eigenvalue weighted by Gasteiger charge is 2.28. The van der Waals surface area contributed by atoms with Gasteiger partial charge in [-0.3, -0.25) is 14.5 Å². The standard InChI is InChI=1S/C22H25N5O/c28-22(18-8-9-18)25-12-11-24-14-20-16-27(15-17-5-2-1-3-6-17)26-21(20)19-7-4-10-23-13-19/h1-7,10,13,16,18,24H,8-9,11-12,14-15H2,(H,25,28). The molecule has 0 saturated heterocycles. The maximum atomic E-state index is 11.7. The van der Waals surface area contributed by atoms with Gasteiger partial charge in [-0.2, -0.15) is 5.10 Å². The summed E-state index contributed by atoms with van der Waals surface area (Å²) in [5, 5.41) is 11.2. The van der Waals surface area contributed by atoms with Gasteiger partial charge in [-0.15, -0.1) is 0 Å². The zero-order valence-electron chi connectivity index (χ0n) is 15.8. The van der Waals surface area contributed by atoms with Crippen LogP contribution in [-0.4, -0.2) is 33.8 Å². The summed E-state index contributed by atoms with van der Waals surface area (Å²) in [5.41, 5.74) is 4.29. The monoisotopic (exact) mass is 375 g/mol. The lowest BCUT2D eigenvalue weighted by molar-refractivity contribution is -0.122. The van der Waals surface area contributed by atoms with E-state index >= 15 is 0 Å². The van der Waals surface area contributed by atoms with Gasteiger partial charge >= 0.3 is 0 Å². The van der Waals surface area contributed by atoms with Gasteiger partial charge in [0.1, 0.15) is 0 Å². The number of benzene rings is 1. The second-order valence-electron chi connectivity index (χ2n) is 7.17. The van der Waals surface area contributed by atoms with E-state index in [-0.39, 0.29) is 11.8 Å². The van der Waals surface area contributed by atoms with Crippen molar-refractivity contribution in [3.05, 3.63) is 72.2 Å². The largest absolute Gasteiger partial charge is 0.355 e. The Bertz CT molecular complexity index is 903. The first-order chi connectivity index (χ1) is 13.8. The van der Waals surface area contributed by atoms with Crippen LogP contribution < -0.4 is 10.6 Å². The van der Waals surface area contributed by atoms with Gasteiger partial charge in [-0.25, -0.2) is 0 Å². The van der Waals surface area contributed by atoms with Crippen LogP contribution in [0.3, 0.4) is 0 Å². The topological polar surface area (TPSA) is 71.8 Å². The van der Waals surface area contributed by atoms with Crippen LogP contribution in [0.1, 0.15) is 24.0 Å². The number of nitrogens with zero attached hydrogens (tertiary/aromatic N) is 3. The highest BCUT2D eigenvalue weighted by Crippen LogP contribution is 2.28. The Morgan fingerprint density at radius 1 is 1.11 bits per heavy atom. The molecule has 0 spiro atoms. The molecule has 0 bridgehead atoms. The lowest BCUT2D eigenvalue weighted by atomic mass is 10.1. The summed E-state index contributed by atoms with van der Waals surface area (Å²) < 4.78 is 1.98. The smallest absolute Gasteiger partial charge is 0.223 e. The first-order valence-electron chi connectivity index (χ1n) is 9.78. The molecule has 6 nitrogen and oxygen atoms in total. The Hall–Kier alpha value is -2.99. The zero-order chi connectivity index (χ0) is 19.2. The van der Waals surface area contributed by atoms with Crippen molar-refractivity contribution in [1.29, 1.82) is 0 Å². The minimum Gasteiger partial charge on any atom is -0.355 e. The van der Waals surface area contributed by atoms with Gasteiger partial charge in [-0.1, -0.05) is 30.3 Å². The second-order valence-corrected chi connectivity index (χ2v) is 7.17. The molecule has 1 aromatic carbocycles. The Kier molecular flexibility index (Phi) is 5.77. The maximum absolute atomic E-state index is 11.7. The minimum atomic E-state index is 0.188. The van der Waals surface area contributed by atoms with Gasteiger partial charge in [0.15, 0.2) is 0 Å². The molecule has 0 aliphatic heterocycles. The van der Waals surface area contributed by atoms with Crippen LogP contribution in [0.4, 0.5) is 0 Å². The quantitative estimate of drug-likeness (QED) is 0.564. The number of carbonyl (C=O) groups excluding carboxylic acids is 1. The number of hydrogen-bond donors (Lipinski definition) is 2. The summed E-state index contributed by atoms with van der Waals surface area (Å²) >= 11 is 0. The van der Waals surface area contributed by atoms with Crippen LogP contribution in [0.2, 0.25) is 0 Å². The number of aromatic nitrogens is 3. The third-order valence-electron chi connectivity index (χ3n) is 4.82. The molecule has 1 saturated carbocycles. The molecule has 2 aromatic heterocycles. The van der Waals surface area contributed by atoms with Gasteiger partial charge in [0.2, 0.25) is 5.91 Å². The van der Waals surface area contributed by atoms with Crippen molar-refractivity contribution in [2.24, 2.45) is 5.92 Å². The van der Waals surface area contributed by atoms with Crippen LogP contribution in [0.5, 0.6) is 0 Å². The fourth-order valence-corrected chi connectivity index (χ4v) is 3.18. The van der Waals surface area contributed by atoms with E-state index in [1.54, 1.807) is 6.20 Å². The molecule has 3 aromatic rings. The normalized spacial score (nSPS) is 13.4. The lowest BCUT2D eigenvalue weighted by Crippen LogP contribution is -2.32. The third-order valence-corrected chi connectivity index (χ3v) is 4.82. The molecule has 1 aliphatic carbocycles. The molecular weight excluding hydrogens is 350 g/mol. The second kappa shape index (κ2) is 8.80. The Morgan fingerprint density at radius 3 is 2.71 bits per heavy atom. The van der Waals surface area contributed by atoms with Gasteiger partial charge in [-0.05, 0) is 30.5 Å². The molecule has 0 unspecified atom stereocenters. The van der Waals surface area contributed by atoms with Crippen molar-refractivity contribution < 1.29 is 4.79 Å². The summed E-state index contributed by atoms with van der Waals surface area (Å²) in [5.74, 6) is 0.446. The molecule has 0 atom stereocenters. The number of hydrogen-bond acceptors (Lipinski definition) is 4. The number of rotatable bonds is 9. The van der Waals surface area contributed by atoms with Crippen LogP contribution in [0, 0.1) is 5.92 Å². The van der Waals surface area contributed by atoms with E-state index in [2.05, 4.69) is 33.9 Å². The maximum Gasteiger partial charge on any atom is 0.223 e. The average molecular weight is 375 g/mol. The van der Waals surface area contributed by atoms with E-state index in [0.717, 1.165) is 42.8 Å². The number of nitrogens with one attached hydrogen (secondary N) is 2. The van der Waals surface area contributed by atoms with E-state index in [4.69, 9.17) is 5.10 Å². The van der Waals surface area contributed by atoms with Crippen molar-refractivity contribution in [2.45, 2.75) is 25.9 Å². The molecule has 28 heavy (non-hydrogen) atoms. The number of amides is 1. The average Bonchev–Trinajstić information content (AvgIpc) is 3.51. The zero-order valence-corrected chi connectivity index (χ0v) is 15.8. The summed E-state index contributed by atoms with van der Waals surface area (Å²) in [6.07, 6.45) is 7.77. The summed E-state index contributed by atoms with van der Waals surface area (Å²) in [6.45, 7) is 2.80. The molecule has 2 heterocycles. The Morgan fingerprint density at radius 2 is 1.96 bits per heavy atom. The summed E-state index contributed by atoms with van der Waals surface area (Å²) in [4.78, 5) is 15.9.